The topological polar surface area (TPSA) is 84.0 Å². The third-order valence-corrected chi connectivity index (χ3v) is 4.11. The summed E-state index contributed by atoms with van der Waals surface area (Å²) in [6, 6.07) is 6.97. The van der Waals surface area contributed by atoms with Gasteiger partial charge in [0.25, 0.3) is 0 Å². The lowest BCUT2D eigenvalue weighted by atomic mass is 10.2. The van der Waals surface area contributed by atoms with Gasteiger partial charge in [0.1, 0.15) is 4.90 Å². The second-order valence-electron chi connectivity index (χ2n) is 3.95. The minimum atomic E-state index is -3.64. The van der Waals surface area contributed by atoms with Crippen LogP contribution in [0.15, 0.2) is 41.6 Å². The molecule has 0 spiro atoms. The zero-order valence-corrected chi connectivity index (χ0v) is 12.2. The van der Waals surface area contributed by atoms with Gasteiger partial charge in [-0.2, -0.15) is 0 Å². The monoisotopic (exact) mass is 312 g/mol. The second kappa shape index (κ2) is 6.17. The molecular formula is C12H13ClN4O2S. The summed E-state index contributed by atoms with van der Waals surface area (Å²) in [4.78, 5) is 7.75. The van der Waals surface area contributed by atoms with Crippen molar-refractivity contribution in [2.24, 2.45) is 0 Å². The van der Waals surface area contributed by atoms with Gasteiger partial charge in [-0.15, -0.1) is 0 Å². The fraction of sp³-hybridized carbons (Fsp3) is 0.167. The molecule has 2 N–H and O–H groups in total. The average Bonchev–Trinajstić information content (AvgIpc) is 2.45. The van der Waals surface area contributed by atoms with E-state index >= 15 is 0 Å². The summed E-state index contributed by atoms with van der Waals surface area (Å²) in [5.74, 6) is 0.360. The summed E-state index contributed by atoms with van der Waals surface area (Å²) in [6.07, 6.45) is 2.50. The van der Waals surface area contributed by atoms with E-state index in [1.54, 1.807) is 31.3 Å². The van der Waals surface area contributed by atoms with Crippen LogP contribution >= 0.6 is 11.6 Å². The first-order chi connectivity index (χ1) is 9.51. The maximum Gasteiger partial charge on any atom is 0.243 e. The molecule has 2 aromatic rings. The molecule has 0 fully saturated rings. The van der Waals surface area contributed by atoms with Gasteiger partial charge in [-0.3, -0.25) is 0 Å². The van der Waals surface area contributed by atoms with E-state index in [0.717, 1.165) is 5.56 Å². The Morgan fingerprint density at radius 3 is 2.55 bits per heavy atom. The Morgan fingerprint density at radius 2 is 1.95 bits per heavy atom. The van der Waals surface area contributed by atoms with E-state index in [4.69, 9.17) is 11.6 Å². The number of sulfonamides is 1. The third-order valence-electron chi connectivity index (χ3n) is 2.52. The SMILES string of the molecule is CNc1ncc(S(=O)(=O)NCc2cccc(Cl)c2)cn1. The van der Waals surface area contributed by atoms with Gasteiger partial charge in [0.2, 0.25) is 16.0 Å². The third kappa shape index (κ3) is 3.66. The van der Waals surface area contributed by atoms with Crippen molar-refractivity contribution in [3.8, 4) is 0 Å². The first-order valence-corrected chi connectivity index (χ1v) is 7.61. The number of hydrogen-bond donors (Lipinski definition) is 2. The minimum Gasteiger partial charge on any atom is -0.357 e. The summed E-state index contributed by atoms with van der Waals surface area (Å²) >= 11 is 5.84. The average molecular weight is 313 g/mol. The molecule has 0 saturated carbocycles. The predicted octanol–water partition coefficient (Wildman–Crippen LogP) is 1.65. The molecule has 0 atom stereocenters. The smallest absolute Gasteiger partial charge is 0.243 e. The molecule has 0 aliphatic rings. The van der Waals surface area contributed by atoms with E-state index < -0.39 is 10.0 Å². The fourth-order valence-corrected chi connectivity index (χ4v) is 2.61. The van der Waals surface area contributed by atoms with Gasteiger partial charge in [0, 0.05) is 18.6 Å². The van der Waals surface area contributed by atoms with Gasteiger partial charge in [-0.25, -0.2) is 23.1 Å². The molecule has 0 bridgehead atoms. The number of hydrogen-bond acceptors (Lipinski definition) is 5. The number of benzene rings is 1. The van der Waals surface area contributed by atoms with Gasteiger partial charge >= 0.3 is 0 Å². The Hall–Kier alpha value is -1.70. The molecule has 20 heavy (non-hydrogen) atoms. The minimum absolute atomic E-state index is 0.0125. The van der Waals surface area contributed by atoms with Crippen LogP contribution in [-0.4, -0.2) is 25.4 Å². The highest BCUT2D eigenvalue weighted by Gasteiger charge is 2.14. The number of nitrogens with one attached hydrogen (secondary N) is 2. The molecule has 1 aromatic carbocycles. The van der Waals surface area contributed by atoms with Crippen molar-refractivity contribution in [1.29, 1.82) is 0 Å². The van der Waals surface area contributed by atoms with Crippen LogP contribution in [0.2, 0.25) is 5.02 Å². The van der Waals surface area contributed by atoms with Crippen LogP contribution in [0.5, 0.6) is 0 Å². The quantitative estimate of drug-likeness (QED) is 0.877. The van der Waals surface area contributed by atoms with Gasteiger partial charge in [0.15, 0.2) is 0 Å². The van der Waals surface area contributed by atoms with Crippen LogP contribution in [0.3, 0.4) is 0 Å². The zero-order valence-electron chi connectivity index (χ0n) is 10.7. The summed E-state index contributed by atoms with van der Waals surface area (Å²) in [5, 5.41) is 3.28. The molecule has 8 heteroatoms. The first-order valence-electron chi connectivity index (χ1n) is 5.75. The van der Waals surface area contributed by atoms with Crippen LogP contribution in [0, 0.1) is 0 Å². The molecule has 2 rings (SSSR count). The lowest BCUT2D eigenvalue weighted by Gasteiger charge is -2.07. The van der Waals surface area contributed by atoms with E-state index in [-0.39, 0.29) is 11.4 Å². The molecule has 6 nitrogen and oxygen atoms in total. The van der Waals surface area contributed by atoms with E-state index in [0.29, 0.717) is 11.0 Å². The molecule has 0 amide bonds. The van der Waals surface area contributed by atoms with Crippen LogP contribution in [0.1, 0.15) is 5.56 Å². The highest BCUT2D eigenvalue weighted by molar-refractivity contribution is 7.89. The van der Waals surface area contributed by atoms with E-state index in [2.05, 4.69) is 20.0 Å². The zero-order chi connectivity index (χ0) is 14.6. The summed E-state index contributed by atoms with van der Waals surface area (Å²) in [7, 11) is -1.99. The maximum absolute atomic E-state index is 12.0. The number of halogens is 1. The Balaban J connectivity index is 2.10. The van der Waals surface area contributed by atoms with Gasteiger partial charge in [0.05, 0.1) is 12.4 Å². The Kier molecular flexibility index (Phi) is 4.53. The van der Waals surface area contributed by atoms with E-state index in [1.165, 1.54) is 12.4 Å². The van der Waals surface area contributed by atoms with Crippen LogP contribution in [0.4, 0.5) is 5.95 Å². The highest BCUT2D eigenvalue weighted by Crippen LogP contribution is 2.12. The number of aromatic nitrogens is 2. The second-order valence-corrected chi connectivity index (χ2v) is 6.15. The lowest BCUT2D eigenvalue weighted by molar-refractivity contribution is 0.580. The Morgan fingerprint density at radius 1 is 1.25 bits per heavy atom. The Labute approximate surface area is 122 Å². The number of nitrogens with zero attached hydrogens (tertiary/aromatic N) is 2. The molecule has 0 unspecified atom stereocenters. The van der Waals surface area contributed by atoms with Crippen LogP contribution in [0.25, 0.3) is 0 Å². The van der Waals surface area contributed by atoms with Crippen molar-refractivity contribution >= 4 is 27.6 Å². The molecule has 0 saturated heterocycles. The molecular weight excluding hydrogens is 300 g/mol. The highest BCUT2D eigenvalue weighted by atomic mass is 35.5. The van der Waals surface area contributed by atoms with Crippen molar-refractivity contribution in [3.05, 3.63) is 47.2 Å². The summed E-state index contributed by atoms with van der Waals surface area (Å²) < 4.78 is 26.6. The summed E-state index contributed by atoms with van der Waals surface area (Å²) in [6.45, 7) is 0.149. The number of rotatable bonds is 5. The molecule has 0 aliphatic heterocycles. The molecule has 1 heterocycles. The summed E-state index contributed by atoms with van der Waals surface area (Å²) in [5.41, 5.74) is 0.772. The number of anilines is 1. The molecule has 0 radical (unpaired) electrons. The first kappa shape index (κ1) is 14.7. The fourth-order valence-electron chi connectivity index (χ4n) is 1.49. The van der Waals surface area contributed by atoms with E-state index in [9.17, 15) is 8.42 Å². The normalized spacial score (nSPS) is 11.3. The van der Waals surface area contributed by atoms with Crippen LogP contribution < -0.4 is 10.0 Å². The Bertz CT molecular complexity index is 689. The van der Waals surface area contributed by atoms with Gasteiger partial charge in [-0.05, 0) is 17.7 Å². The maximum atomic E-state index is 12.0. The van der Waals surface area contributed by atoms with Crippen molar-refractivity contribution in [2.75, 3.05) is 12.4 Å². The van der Waals surface area contributed by atoms with Crippen LogP contribution in [-0.2, 0) is 16.6 Å². The van der Waals surface area contributed by atoms with Crippen molar-refractivity contribution in [3.63, 3.8) is 0 Å². The van der Waals surface area contributed by atoms with Crippen molar-refractivity contribution in [1.82, 2.24) is 14.7 Å². The molecule has 0 aliphatic carbocycles. The van der Waals surface area contributed by atoms with Crippen molar-refractivity contribution < 1.29 is 8.42 Å². The van der Waals surface area contributed by atoms with Gasteiger partial charge in [-0.1, -0.05) is 23.7 Å². The van der Waals surface area contributed by atoms with E-state index in [1.807, 2.05) is 0 Å². The molecule has 106 valence electrons. The largest absolute Gasteiger partial charge is 0.357 e. The standard InChI is InChI=1S/C12H13ClN4O2S/c1-14-12-15-7-11(8-16-12)20(18,19)17-6-9-3-2-4-10(13)5-9/h2-5,7-8,17H,6H2,1H3,(H,14,15,16). The lowest BCUT2D eigenvalue weighted by Crippen LogP contribution is -2.23. The van der Waals surface area contributed by atoms with Gasteiger partial charge < -0.3 is 5.32 Å². The predicted molar refractivity (Wildman–Crippen MR) is 77.1 cm³/mol. The molecule has 1 aromatic heterocycles. The van der Waals surface area contributed by atoms with Crippen molar-refractivity contribution in [2.45, 2.75) is 11.4 Å².